The van der Waals surface area contributed by atoms with Crippen molar-refractivity contribution in [3.63, 3.8) is 0 Å². The summed E-state index contributed by atoms with van der Waals surface area (Å²) in [6.07, 6.45) is 1.91. The molecule has 0 bridgehead atoms. The molecule has 1 aromatic heterocycles. The molecule has 2 aromatic rings. The first-order chi connectivity index (χ1) is 13.3. The maximum Gasteiger partial charge on any atom is 0.224 e. The Hall–Kier alpha value is -2.77. The molecular weight excluding hydrogens is 366 g/mol. The average molecular weight is 390 g/mol. The summed E-state index contributed by atoms with van der Waals surface area (Å²) in [6.45, 7) is 8.00. The zero-order valence-electron chi connectivity index (χ0n) is 16.2. The number of piperazine rings is 1. The van der Waals surface area contributed by atoms with Gasteiger partial charge in [-0.2, -0.15) is 0 Å². The SMILES string of the molecule is CC(C)CC(=O)N1CCN(c2cc(Oc3ccc(F)c(F)c3)ncn2)CC1C. The molecule has 1 atom stereocenters. The number of hydrogen-bond acceptors (Lipinski definition) is 5. The van der Waals surface area contributed by atoms with E-state index in [4.69, 9.17) is 4.74 Å². The number of carbonyl (C=O) groups excluding carboxylic acids is 1. The minimum atomic E-state index is -0.984. The van der Waals surface area contributed by atoms with Crippen LogP contribution < -0.4 is 9.64 Å². The van der Waals surface area contributed by atoms with Gasteiger partial charge in [0.05, 0.1) is 0 Å². The van der Waals surface area contributed by atoms with Crippen molar-refractivity contribution in [2.24, 2.45) is 5.92 Å². The second-order valence-corrected chi connectivity index (χ2v) is 7.37. The number of aromatic nitrogens is 2. The van der Waals surface area contributed by atoms with Crippen LogP contribution in [0.15, 0.2) is 30.6 Å². The van der Waals surface area contributed by atoms with Crippen molar-refractivity contribution in [1.82, 2.24) is 14.9 Å². The lowest BCUT2D eigenvalue weighted by Crippen LogP contribution is -2.54. The van der Waals surface area contributed by atoms with Crippen molar-refractivity contribution in [3.8, 4) is 11.6 Å². The molecule has 0 saturated carbocycles. The van der Waals surface area contributed by atoms with Gasteiger partial charge in [-0.25, -0.2) is 18.7 Å². The lowest BCUT2D eigenvalue weighted by molar-refractivity contribution is -0.134. The Labute approximate surface area is 163 Å². The molecule has 1 amide bonds. The summed E-state index contributed by atoms with van der Waals surface area (Å²) in [5.41, 5.74) is 0. The molecule has 0 aliphatic carbocycles. The predicted octanol–water partition coefficient (Wildman–Crippen LogP) is 3.63. The van der Waals surface area contributed by atoms with Crippen LogP contribution in [-0.2, 0) is 4.79 Å². The second-order valence-electron chi connectivity index (χ2n) is 7.37. The summed E-state index contributed by atoms with van der Waals surface area (Å²) >= 11 is 0. The normalized spacial score (nSPS) is 17.1. The molecule has 8 heteroatoms. The number of amides is 1. The highest BCUT2D eigenvalue weighted by Gasteiger charge is 2.28. The molecule has 6 nitrogen and oxygen atoms in total. The highest BCUT2D eigenvalue weighted by atomic mass is 19.2. The number of benzene rings is 1. The van der Waals surface area contributed by atoms with Crippen LogP contribution in [0, 0.1) is 17.6 Å². The van der Waals surface area contributed by atoms with Crippen molar-refractivity contribution >= 4 is 11.7 Å². The first kappa shape index (κ1) is 20.0. The minimum Gasteiger partial charge on any atom is -0.439 e. The van der Waals surface area contributed by atoms with Gasteiger partial charge in [-0.3, -0.25) is 4.79 Å². The van der Waals surface area contributed by atoms with Crippen molar-refractivity contribution < 1.29 is 18.3 Å². The Balaban J connectivity index is 1.67. The molecule has 1 unspecified atom stereocenters. The fraction of sp³-hybridized carbons (Fsp3) is 0.450. The van der Waals surface area contributed by atoms with Crippen LogP contribution in [0.2, 0.25) is 0 Å². The van der Waals surface area contributed by atoms with Gasteiger partial charge in [0.2, 0.25) is 11.8 Å². The topological polar surface area (TPSA) is 58.6 Å². The molecule has 1 aliphatic rings. The van der Waals surface area contributed by atoms with Crippen LogP contribution >= 0.6 is 0 Å². The third kappa shape index (κ3) is 4.74. The number of carbonyl (C=O) groups is 1. The summed E-state index contributed by atoms with van der Waals surface area (Å²) in [7, 11) is 0. The molecule has 1 fully saturated rings. The number of hydrogen-bond donors (Lipinski definition) is 0. The predicted molar refractivity (Wildman–Crippen MR) is 101 cm³/mol. The van der Waals surface area contributed by atoms with Gasteiger partial charge < -0.3 is 14.5 Å². The minimum absolute atomic E-state index is 0.0607. The Morgan fingerprint density at radius 2 is 2.00 bits per heavy atom. The summed E-state index contributed by atoms with van der Waals surface area (Å²) < 4.78 is 31.9. The summed E-state index contributed by atoms with van der Waals surface area (Å²) in [5.74, 6) is -0.362. The van der Waals surface area contributed by atoms with Crippen molar-refractivity contribution in [2.75, 3.05) is 24.5 Å². The third-order valence-corrected chi connectivity index (χ3v) is 4.60. The molecule has 3 rings (SSSR count). The first-order valence-electron chi connectivity index (χ1n) is 9.33. The fourth-order valence-electron chi connectivity index (χ4n) is 3.22. The van der Waals surface area contributed by atoms with Crippen LogP contribution in [0.25, 0.3) is 0 Å². The van der Waals surface area contributed by atoms with Gasteiger partial charge in [-0.05, 0) is 25.0 Å². The zero-order chi connectivity index (χ0) is 20.3. The van der Waals surface area contributed by atoms with E-state index in [0.717, 1.165) is 12.1 Å². The van der Waals surface area contributed by atoms with Crippen LogP contribution in [0.3, 0.4) is 0 Å². The molecule has 1 aromatic carbocycles. The number of rotatable bonds is 5. The van der Waals surface area contributed by atoms with E-state index in [1.54, 1.807) is 6.07 Å². The standard InChI is InChI=1S/C20H24F2N4O2/c1-13(2)8-20(27)26-7-6-25(11-14(26)3)18-10-19(24-12-23-18)28-15-4-5-16(21)17(22)9-15/h4-5,9-10,12-14H,6-8,11H2,1-3H3. The van der Waals surface area contributed by atoms with Gasteiger partial charge in [0.15, 0.2) is 11.6 Å². The lowest BCUT2D eigenvalue weighted by Gasteiger charge is -2.40. The smallest absolute Gasteiger partial charge is 0.224 e. The van der Waals surface area contributed by atoms with E-state index in [9.17, 15) is 13.6 Å². The second kappa shape index (κ2) is 8.50. The Bertz CT molecular complexity index is 847. The van der Waals surface area contributed by atoms with Crippen LogP contribution in [0.5, 0.6) is 11.6 Å². The maximum atomic E-state index is 13.3. The molecule has 1 saturated heterocycles. The number of ether oxygens (including phenoxy) is 1. The molecule has 0 N–H and O–H groups in total. The Kier molecular flexibility index (Phi) is 6.06. The Morgan fingerprint density at radius 3 is 2.68 bits per heavy atom. The fourth-order valence-corrected chi connectivity index (χ4v) is 3.22. The summed E-state index contributed by atoms with van der Waals surface area (Å²) in [4.78, 5) is 24.7. The van der Waals surface area contributed by atoms with E-state index in [1.165, 1.54) is 12.4 Å². The van der Waals surface area contributed by atoms with Gasteiger partial charge in [0, 0.05) is 44.2 Å². The Morgan fingerprint density at radius 1 is 1.21 bits per heavy atom. The largest absolute Gasteiger partial charge is 0.439 e. The van der Waals surface area contributed by atoms with E-state index in [0.29, 0.717) is 37.8 Å². The zero-order valence-corrected chi connectivity index (χ0v) is 16.2. The van der Waals surface area contributed by atoms with Crippen LogP contribution in [-0.4, -0.2) is 46.5 Å². The van der Waals surface area contributed by atoms with E-state index >= 15 is 0 Å². The molecular formula is C20H24F2N4O2. The van der Waals surface area contributed by atoms with Crippen LogP contribution in [0.4, 0.5) is 14.6 Å². The van der Waals surface area contributed by atoms with E-state index < -0.39 is 11.6 Å². The quantitative estimate of drug-likeness (QED) is 0.780. The number of nitrogens with zero attached hydrogens (tertiary/aromatic N) is 4. The highest BCUT2D eigenvalue weighted by molar-refractivity contribution is 5.77. The van der Waals surface area contributed by atoms with E-state index in [1.807, 2.05) is 25.7 Å². The number of halogens is 2. The maximum absolute atomic E-state index is 13.3. The summed E-state index contributed by atoms with van der Waals surface area (Å²) in [6, 6.07) is 5.02. The average Bonchev–Trinajstić information content (AvgIpc) is 2.64. The van der Waals surface area contributed by atoms with Gasteiger partial charge in [-0.1, -0.05) is 13.8 Å². The molecule has 0 spiro atoms. The molecule has 150 valence electrons. The van der Waals surface area contributed by atoms with Crippen LogP contribution in [0.1, 0.15) is 27.2 Å². The lowest BCUT2D eigenvalue weighted by atomic mass is 10.1. The highest BCUT2D eigenvalue weighted by Crippen LogP contribution is 2.25. The summed E-state index contributed by atoms with van der Waals surface area (Å²) in [5, 5.41) is 0. The molecule has 0 radical (unpaired) electrons. The van der Waals surface area contributed by atoms with Gasteiger partial charge in [0.25, 0.3) is 0 Å². The first-order valence-corrected chi connectivity index (χ1v) is 9.33. The molecule has 1 aliphatic heterocycles. The van der Waals surface area contributed by atoms with E-state index in [-0.39, 0.29) is 23.6 Å². The van der Waals surface area contributed by atoms with Crippen molar-refractivity contribution in [2.45, 2.75) is 33.2 Å². The van der Waals surface area contributed by atoms with Crippen molar-refractivity contribution in [3.05, 3.63) is 42.2 Å². The van der Waals surface area contributed by atoms with Gasteiger partial charge in [-0.15, -0.1) is 0 Å². The molecule has 28 heavy (non-hydrogen) atoms. The van der Waals surface area contributed by atoms with Gasteiger partial charge in [0.1, 0.15) is 17.9 Å². The number of anilines is 1. The monoisotopic (exact) mass is 390 g/mol. The van der Waals surface area contributed by atoms with E-state index in [2.05, 4.69) is 14.9 Å². The van der Waals surface area contributed by atoms with Gasteiger partial charge >= 0.3 is 0 Å². The molecule has 2 heterocycles. The van der Waals surface area contributed by atoms with Crippen molar-refractivity contribution in [1.29, 1.82) is 0 Å². The third-order valence-electron chi connectivity index (χ3n) is 4.60.